The molecule has 8 heteroatoms. The first-order valence-corrected chi connectivity index (χ1v) is 14.3. The van der Waals surface area contributed by atoms with Gasteiger partial charge in [0.25, 0.3) is 0 Å². The van der Waals surface area contributed by atoms with Gasteiger partial charge in [-0.15, -0.1) is 0 Å². The van der Waals surface area contributed by atoms with Gasteiger partial charge in [0.2, 0.25) is 5.43 Å². The zero-order chi connectivity index (χ0) is 22.9. The zero-order valence-corrected chi connectivity index (χ0v) is 21.7. The Labute approximate surface area is 191 Å². The number of nitrogens with zero attached hydrogens (tertiary/aromatic N) is 1. The molecule has 0 amide bonds. The molecule has 30 heavy (non-hydrogen) atoms. The minimum absolute atomic E-state index is 0.0404. The average molecular weight is 547 g/mol. The average Bonchev–Trinajstić information content (AvgIpc) is 2.64. The molecule has 0 aliphatic carbocycles. The van der Waals surface area contributed by atoms with Crippen LogP contribution in [0.2, 0.25) is 18.1 Å². The second kappa shape index (κ2) is 9.48. The summed E-state index contributed by atoms with van der Waals surface area (Å²) in [5.74, 6) is -1.07. The maximum Gasteiger partial charge on any atom is 0.343 e. The number of benzene rings is 1. The maximum atomic E-state index is 14.4. The third-order valence-corrected chi connectivity index (χ3v) is 10.6. The van der Waals surface area contributed by atoms with Gasteiger partial charge < -0.3 is 14.1 Å². The van der Waals surface area contributed by atoms with Crippen molar-refractivity contribution < 1.29 is 18.7 Å². The minimum Gasteiger partial charge on any atom is -0.462 e. The largest absolute Gasteiger partial charge is 0.462 e. The normalized spacial score (nSPS) is 13.5. The summed E-state index contributed by atoms with van der Waals surface area (Å²) in [6.07, 6.45) is 3.75. The Morgan fingerprint density at radius 1 is 1.33 bits per heavy atom. The fourth-order valence-electron chi connectivity index (χ4n) is 3.37. The van der Waals surface area contributed by atoms with Crippen LogP contribution < -0.4 is 5.43 Å². The summed E-state index contributed by atoms with van der Waals surface area (Å²) in [5.41, 5.74) is -0.0193. The van der Waals surface area contributed by atoms with E-state index in [9.17, 15) is 18.8 Å². The zero-order valence-electron chi connectivity index (χ0n) is 18.5. The highest BCUT2D eigenvalue weighted by Gasteiger charge is 2.38. The van der Waals surface area contributed by atoms with E-state index in [0.717, 1.165) is 19.3 Å². The van der Waals surface area contributed by atoms with Crippen LogP contribution in [-0.4, -0.2) is 30.3 Å². The van der Waals surface area contributed by atoms with Crippen LogP contribution in [0.3, 0.4) is 0 Å². The van der Waals surface area contributed by atoms with Gasteiger partial charge in [-0.05, 0) is 79.0 Å². The van der Waals surface area contributed by atoms with E-state index in [1.807, 2.05) is 47.2 Å². The molecule has 0 spiro atoms. The fourth-order valence-corrected chi connectivity index (χ4v) is 4.60. The van der Waals surface area contributed by atoms with Crippen LogP contribution in [0.5, 0.6) is 0 Å². The van der Waals surface area contributed by atoms with Gasteiger partial charge in [-0.25, -0.2) is 9.18 Å². The van der Waals surface area contributed by atoms with Crippen molar-refractivity contribution in [3.8, 4) is 0 Å². The lowest BCUT2D eigenvalue weighted by atomic mass is 9.99. The van der Waals surface area contributed by atoms with Gasteiger partial charge in [0.1, 0.15) is 11.4 Å². The van der Waals surface area contributed by atoms with E-state index in [2.05, 4.69) is 13.8 Å². The molecule has 0 aliphatic rings. The van der Waals surface area contributed by atoms with Crippen molar-refractivity contribution in [1.29, 1.82) is 0 Å². The van der Waals surface area contributed by atoms with E-state index < -0.39 is 25.5 Å². The molecule has 0 saturated heterocycles. The number of carbonyl (C=O) groups excluding carboxylic acids is 1. The topological polar surface area (TPSA) is 68.5 Å². The Balaban J connectivity index is 2.64. The second-order valence-electron chi connectivity index (χ2n) is 8.83. The molecule has 0 bridgehead atoms. The van der Waals surface area contributed by atoms with Crippen LogP contribution in [0, 0.1) is 9.39 Å². The van der Waals surface area contributed by atoms with Crippen LogP contribution >= 0.6 is 22.6 Å². The molecule has 2 aromatic rings. The van der Waals surface area contributed by atoms with Crippen molar-refractivity contribution in [3.05, 3.63) is 43.5 Å². The van der Waals surface area contributed by atoms with Gasteiger partial charge in [0.05, 0.1) is 12.1 Å². The first kappa shape index (κ1) is 25.0. The highest BCUT2D eigenvalue weighted by Crippen LogP contribution is 2.42. The second-order valence-corrected chi connectivity index (χ2v) is 14.5. The molecule has 1 N–H and O–H groups in total. The van der Waals surface area contributed by atoms with E-state index in [1.54, 1.807) is 6.92 Å². The number of hydrogen-bond acceptors (Lipinski definition) is 4. The Morgan fingerprint density at radius 3 is 2.50 bits per heavy atom. The first-order chi connectivity index (χ1) is 13.8. The summed E-state index contributed by atoms with van der Waals surface area (Å²) in [5, 5.41) is 0.0979. The molecule has 1 heterocycles. The summed E-state index contributed by atoms with van der Waals surface area (Å²) in [4.78, 5) is 36.0. The van der Waals surface area contributed by atoms with Crippen molar-refractivity contribution in [1.82, 2.24) is 4.57 Å². The van der Waals surface area contributed by atoms with Gasteiger partial charge in [0, 0.05) is 21.2 Å². The summed E-state index contributed by atoms with van der Waals surface area (Å²) >= 11 is 1.85. The van der Waals surface area contributed by atoms with Crippen LogP contribution in [0.4, 0.5) is 4.39 Å². The summed E-state index contributed by atoms with van der Waals surface area (Å²) < 4.78 is 21.6. The number of rotatable bonds is 8. The number of pyridine rings is 1. The minimum atomic E-state index is -2.38. The van der Waals surface area contributed by atoms with Gasteiger partial charge in [-0.2, -0.15) is 0 Å². The van der Waals surface area contributed by atoms with E-state index in [0.29, 0.717) is 14.5 Å². The lowest BCUT2D eigenvalue weighted by molar-refractivity contribution is 0.0524. The van der Waals surface area contributed by atoms with Gasteiger partial charge in [-0.1, -0.05) is 20.8 Å². The highest BCUT2D eigenvalue weighted by molar-refractivity contribution is 14.1. The fraction of sp³-hybridized carbons (Fsp3) is 0.545. The molecule has 1 aromatic heterocycles. The van der Waals surface area contributed by atoms with Crippen molar-refractivity contribution in [2.45, 2.75) is 71.1 Å². The molecule has 1 aromatic carbocycles. The monoisotopic (exact) mass is 547 g/mol. The summed E-state index contributed by atoms with van der Waals surface area (Å²) in [6.45, 7) is 11.9. The van der Waals surface area contributed by atoms with E-state index >= 15 is 0 Å². The van der Waals surface area contributed by atoms with Crippen molar-refractivity contribution in [2.24, 2.45) is 0 Å². The lowest BCUT2D eigenvalue weighted by Crippen LogP contribution is -2.39. The van der Waals surface area contributed by atoms with E-state index in [4.69, 9.17) is 4.74 Å². The number of hydrogen-bond donors (Lipinski definition) is 1. The Hall–Kier alpha value is -1.26. The van der Waals surface area contributed by atoms with E-state index in [1.165, 1.54) is 18.3 Å². The standard InChI is InChI=1S/C22H31FINO4Si/c1-7-14(9-10-22(3,4)30(5,6)28)25-13-16(21(27)29-8-2)20(26)15-11-18(24)17(23)12-19(15)25/h11-14,28H,7-10H2,1-6H3. The molecule has 0 aliphatic heterocycles. The molecule has 0 radical (unpaired) electrons. The predicted octanol–water partition coefficient (Wildman–Crippen LogP) is 5.63. The third kappa shape index (κ3) is 5.13. The number of carbonyl (C=O) groups is 1. The highest BCUT2D eigenvalue weighted by atomic mass is 127. The molecule has 166 valence electrons. The van der Waals surface area contributed by atoms with Crippen molar-refractivity contribution >= 4 is 47.8 Å². The smallest absolute Gasteiger partial charge is 0.343 e. The van der Waals surface area contributed by atoms with Crippen LogP contribution in [-0.2, 0) is 4.74 Å². The Kier molecular flexibility index (Phi) is 7.90. The van der Waals surface area contributed by atoms with Crippen LogP contribution in [0.15, 0.2) is 23.1 Å². The maximum absolute atomic E-state index is 14.4. The van der Waals surface area contributed by atoms with E-state index in [-0.39, 0.29) is 23.3 Å². The molecule has 1 atom stereocenters. The summed E-state index contributed by atoms with van der Waals surface area (Å²) in [7, 11) is -2.38. The van der Waals surface area contributed by atoms with Crippen molar-refractivity contribution in [2.75, 3.05) is 6.61 Å². The number of fused-ring (bicyclic) bond motifs is 1. The lowest BCUT2D eigenvalue weighted by Gasteiger charge is -2.36. The molecule has 5 nitrogen and oxygen atoms in total. The van der Waals surface area contributed by atoms with Gasteiger partial charge in [0.15, 0.2) is 8.32 Å². The number of esters is 1. The molecular formula is C22H31FINO4Si. The predicted molar refractivity (Wildman–Crippen MR) is 129 cm³/mol. The Bertz CT molecular complexity index is 997. The molecular weight excluding hydrogens is 516 g/mol. The third-order valence-electron chi connectivity index (χ3n) is 6.19. The molecule has 1 unspecified atom stereocenters. The van der Waals surface area contributed by atoms with Crippen LogP contribution in [0.25, 0.3) is 10.9 Å². The van der Waals surface area contributed by atoms with Crippen molar-refractivity contribution in [3.63, 3.8) is 0 Å². The first-order valence-electron chi connectivity index (χ1n) is 10.3. The van der Waals surface area contributed by atoms with Gasteiger partial charge in [-0.3, -0.25) is 4.79 Å². The molecule has 0 fully saturated rings. The van der Waals surface area contributed by atoms with Crippen LogP contribution in [0.1, 0.15) is 63.4 Å². The van der Waals surface area contributed by atoms with Gasteiger partial charge >= 0.3 is 5.97 Å². The number of ether oxygens (including phenoxy) is 1. The summed E-state index contributed by atoms with van der Waals surface area (Å²) in [6, 6.07) is 2.80. The quantitative estimate of drug-likeness (QED) is 0.264. The number of aromatic nitrogens is 1. The Morgan fingerprint density at radius 2 is 1.97 bits per heavy atom. The molecule has 2 rings (SSSR count). The SMILES string of the molecule is CCOC(=O)c1cn(C(CC)CCC(C)(C)[Si](C)(C)O)c2cc(F)c(I)cc2c1=O. The molecule has 0 saturated carbocycles. The number of halogens is 2.